The van der Waals surface area contributed by atoms with Gasteiger partial charge in [-0.2, -0.15) is 5.10 Å². The third kappa shape index (κ3) is 3.09. The number of amides is 1. The number of hydrogen-bond acceptors (Lipinski definition) is 4. The van der Waals surface area contributed by atoms with Gasteiger partial charge >= 0.3 is 0 Å². The van der Waals surface area contributed by atoms with E-state index in [4.69, 9.17) is 10.7 Å². The Morgan fingerprint density at radius 2 is 2.00 bits per heavy atom. The Labute approximate surface area is 117 Å². The molecule has 1 heterocycles. The summed E-state index contributed by atoms with van der Waals surface area (Å²) in [5.74, 6) is -0.238. The first-order chi connectivity index (χ1) is 8.77. The van der Waals surface area contributed by atoms with Gasteiger partial charge in [0.15, 0.2) is 0 Å². The minimum absolute atomic E-state index is 0.0370. The molecule has 0 spiro atoms. The minimum Gasteiger partial charge on any atom is -0.357 e. The number of halogens is 1. The summed E-state index contributed by atoms with van der Waals surface area (Å²) in [6.07, 6.45) is 0.858. The predicted octanol–water partition coefficient (Wildman–Crippen LogP) is 1.24. The highest BCUT2D eigenvalue weighted by Gasteiger charge is 2.28. The summed E-state index contributed by atoms with van der Waals surface area (Å²) >= 11 is 0. The second-order valence-corrected chi connectivity index (χ2v) is 6.61. The molecular formula is C11H18ClN3O3S. The van der Waals surface area contributed by atoms with Crippen LogP contribution in [0.15, 0.2) is 4.90 Å². The Morgan fingerprint density at radius 1 is 1.42 bits per heavy atom. The molecule has 1 atom stereocenters. The van der Waals surface area contributed by atoms with Crippen LogP contribution in [-0.2, 0) is 26.7 Å². The second kappa shape index (κ2) is 5.92. The average Bonchev–Trinajstić information content (AvgIpc) is 2.75. The highest BCUT2D eigenvalue weighted by molar-refractivity contribution is 8.13. The fraction of sp³-hybridized carbons (Fsp3) is 0.636. The van der Waals surface area contributed by atoms with Gasteiger partial charge in [0, 0.05) is 17.7 Å². The predicted molar refractivity (Wildman–Crippen MR) is 72.8 cm³/mol. The minimum atomic E-state index is -3.88. The molecule has 1 unspecified atom stereocenters. The summed E-state index contributed by atoms with van der Waals surface area (Å²) in [7, 11) is 3.12. The van der Waals surface area contributed by atoms with Gasteiger partial charge in [-0.25, -0.2) is 8.42 Å². The van der Waals surface area contributed by atoms with E-state index in [-0.39, 0.29) is 10.8 Å². The normalized spacial score (nSPS) is 13.3. The summed E-state index contributed by atoms with van der Waals surface area (Å²) in [5, 5.41) is 6.74. The summed E-state index contributed by atoms with van der Waals surface area (Å²) in [6.45, 7) is 5.26. The lowest BCUT2D eigenvalue weighted by molar-refractivity contribution is -0.123. The third-order valence-corrected chi connectivity index (χ3v) is 4.36. The zero-order valence-corrected chi connectivity index (χ0v) is 13.0. The molecule has 1 aromatic rings. The number of carbonyl (C=O) groups is 1. The maximum Gasteiger partial charge on any atom is 0.264 e. The van der Waals surface area contributed by atoms with E-state index in [9.17, 15) is 13.2 Å². The van der Waals surface area contributed by atoms with Crippen molar-refractivity contribution >= 4 is 25.6 Å². The number of nitrogens with zero attached hydrogens (tertiary/aromatic N) is 2. The van der Waals surface area contributed by atoms with Crippen LogP contribution in [0.3, 0.4) is 0 Å². The summed E-state index contributed by atoms with van der Waals surface area (Å²) in [4.78, 5) is 11.7. The molecule has 0 saturated carbocycles. The molecule has 6 nitrogen and oxygen atoms in total. The highest BCUT2D eigenvalue weighted by Crippen LogP contribution is 2.27. The monoisotopic (exact) mass is 307 g/mol. The first kappa shape index (κ1) is 16.0. The molecule has 0 aliphatic carbocycles. The lowest BCUT2D eigenvalue weighted by Gasteiger charge is -2.13. The van der Waals surface area contributed by atoms with Crippen LogP contribution in [0.25, 0.3) is 0 Å². The van der Waals surface area contributed by atoms with Crippen molar-refractivity contribution in [2.24, 2.45) is 0 Å². The van der Waals surface area contributed by atoms with Crippen molar-refractivity contribution in [2.45, 2.75) is 44.6 Å². The Balaban J connectivity index is 3.52. The molecule has 1 rings (SSSR count). The highest BCUT2D eigenvalue weighted by atomic mass is 35.7. The van der Waals surface area contributed by atoms with Gasteiger partial charge < -0.3 is 5.32 Å². The molecule has 0 aliphatic heterocycles. The van der Waals surface area contributed by atoms with Gasteiger partial charge in [-0.05, 0) is 19.8 Å². The van der Waals surface area contributed by atoms with Crippen LogP contribution in [0.1, 0.15) is 38.2 Å². The van der Waals surface area contributed by atoms with Gasteiger partial charge in [-0.1, -0.05) is 13.8 Å². The number of likely N-dealkylation sites (N-methyl/N-ethyl adjacent to an activating group) is 1. The Hall–Kier alpha value is -1.08. The second-order valence-electron chi connectivity index (χ2n) is 4.10. The van der Waals surface area contributed by atoms with E-state index < -0.39 is 15.1 Å². The van der Waals surface area contributed by atoms with Crippen LogP contribution in [0, 0.1) is 0 Å². The maximum absolute atomic E-state index is 11.7. The van der Waals surface area contributed by atoms with Crippen molar-refractivity contribution in [3.05, 3.63) is 11.4 Å². The summed E-state index contributed by atoms with van der Waals surface area (Å²) < 4.78 is 24.8. The number of nitrogens with one attached hydrogen (secondary N) is 1. The first-order valence-corrected chi connectivity index (χ1v) is 8.35. The molecule has 0 radical (unpaired) electrons. The zero-order valence-electron chi connectivity index (χ0n) is 11.4. The van der Waals surface area contributed by atoms with E-state index in [1.165, 1.54) is 11.7 Å². The molecule has 0 fully saturated rings. The van der Waals surface area contributed by atoms with Crippen molar-refractivity contribution in [3.8, 4) is 0 Å². The van der Waals surface area contributed by atoms with E-state index in [2.05, 4.69) is 10.4 Å². The molecule has 0 bridgehead atoms. The largest absolute Gasteiger partial charge is 0.357 e. The van der Waals surface area contributed by atoms with Crippen LogP contribution in [0.5, 0.6) is 0 Å². The smallest absolute Gasteiger partial charge is 0.264 e. The van der Waals surface area contributed by atoms with E-state index in [1.807, 2.05) is 0 Å². The fourth-order valence-electron chi connectivity index (χ4n) is 1.98. The Kier molecular flexibility index (Phi) is 4.98. The third-order valence-electron chi connectivity index (χ3n) is 2.94. The van der Waals surface area contributed by atoms with Gasteiger partial charge in [0.25, 0.3) is 9.05 Å². The number of rotatable bonds is 5. The first-order valence-electron chi connectivity index (χ1n) is 6.04. The standard InChI is InChI=1S/C11H18ClN3O3S/c1-5-8-10(19(12,17)18)9(6-2)15(14-8)7(3)11(16)13-4/h7H,5-6H2,1-4H3,(H,13,16). The average molecular weight is 308 g/mol. The zero-order chi connectivity index (χ0) is 14.8. The van der Waals surface area contributed by atoms with Crippen LogP contribution in [-0.4, -0.2) is 31.2 Å². The molecule has 8 heteroatoms. The van der Waals surface area contributed by atoms with Crippen LogP contribution in [0.4, 0.5) is 0 Å². The quantitative estimate of drug-likeness (QED) is 0.830. The number of aryl methyl sites for hydroxylation is 1. The van der Waals surface area contributed by atoms with Gasteiger partial charge in [0.1, 0.15) is 10.9 Å². The number of carbonyl (C=O) groups excluding carboxylic acids is 1. The van der Waals surface area contributed by atoms with Crippen molar-refractivity contribution in [2.75, 3.05) is 7.05 Å². The van der Waals surface area contributed by atoms with Crippen molar-refractivity contribution in [1.82, 2.24) is 15.1 Å². The number of hydrogen-bond donors (Lipinski definition) is 1. The van der Waals surface area contributed by atoms with E-state index in [0.717, 1.165) is 0 Å². The Morgan fingerprint density at radius 3 is 2.37 bits per heavy atom. The van der Waals surface area contributed by atoms with Gasteiger partial charge in [0.05, 0.1) is 11.4 Å². The van der Waals surface area contributed by atoms with Crippen LogP contribution < -0.4 is 5.32 Å². The molecule has 1 N–H and O–H groups in total. The van der Waals surface area contributed by atoms with Gasteiger partial charge in [0.2, 0.25) is 5.91 Å². The maximum atomic E-state index is 11.7. The van der Waals surface area contributed by atoms with Crippen molar-refractivity contribution in [1.29, 1.82) is 0 Å². The SMILES string of the molecule is CCc1nn(C(C)C(=O)NC)c(CC)c1S(=O)(=O)Cl. The number of aromatic nitrogens is 2. The van der Waals surface area contributed by atoms with E-state index >= 15 is 0 Å². The van der Waals surface area contributed by atoms with E-state index in [0.29, 0.717) is 24.2 Å². The molecule has 0 aliphatic rings. The van der Waals surface area contributed by atoms with Gasteiger partial charge in [-0.3, -0.25) is 9.48 Å². The molecule has 0 aromatic carbocycles. The summed E-state index contributed by atoms with van der Waals surface area (Å²) in [5.41, 5.74) is 0.852. The Bertz CT molecular complexity index is 580. The molecular weight excluding hydrogens is 290 g/mol. The molecule has 1 amide bonds. The van der Waals surface area contributed by atoms with Crippen molar-refractivity contribution < 1.29 is 13.2 Å². The van der Waals surface area contributed by atoms with E-state index in [1.54, 1.807) is 20.8 Å². The van der Waals surface area contributed by atoms with Crippen LogP contribution >= 0.6 is 10.7 Å². The lowest BCUT2D eigenvalue weighted by Crippen LogP contribution is -2.29. The molecule has 1 aromatic heterocycles. The molecule has 108 valence electrons. The topological polar surface area (TPSA) is 81.1 Å². The van der Waals surface area contributed by atoms with Crippen LogP contribution in [0.2, 0.25) is 0 Å². The molecule has 0 saturated heterocycles. The summed E-state index contributed by atoms with van der Waals surface area (Å²) in [6, 6.07) is -0.586. The fourth-order valence-corrected chi connectivity index (χ4v) is 3.50. The van der Waals surface area contributed by atoms with Crippen molar-refractivity contribution in [3.63, 3.8) is 0 Å². The molecule has 19 heavy (non-hydrogen) atoms. The lowest BCUT2D eigenvalue weighted by atomic mass is 10.2. The van der Waals surface area contributed by atoms with Gasteiger partial charge in [-0.15, -0.1) is 0 Å².